The van der Waals surface area contributed by atoms with E-state index in [4.69, 9.17) is 10.8 Å². The summed E-state index contributed by atoms with van der Waals surface area (Å²) in [5, 5.41) is 9.10. The molecule has 114 valence electrons. The lowest BCUT2D eigenvalue weighted by Crippen LogP contribution is -2.61. The molecule has 0 heterocycles. The minimum Gasteiger partial charge on any atom is -0.481 e. The van der Waals surface area contributed by atoms with Crippen molar-refractivity contribution in [1.82, 2.24) is 0 Å². The second kappa shape index (κ2) is 6.21. The van der Waals surface area contributed by atoms with Crippen LogP contribution in [0.1, 0.15) is 45.4 Å². The first-order chi connectivity index (χ1) is 9.25. The van der Waals surface area contributed by atoms with Gasteiger partial charge < -0.3 is 20.3 Å². The van der Waals surface area contributed by atoms with E-state index >= 15 is 0 Å². The zero-order valence-electron chi connectivity index (χ0n) is 11.8. The number of hydrogen-bond donors (Lipinski definition) is 2. The Labute approximate surface area is 117 Å². The number of esters is 1. The van der Waals surface area contributed by atoms with Crippen LogP contribution in [0.5, 0.6) is 0 Å². The summed E-state index contributed by atoms with van der Waals surface area (Å²) in [5.41, 5.74) is 3.62. The maximum absolute atomic E-state index is 12.1. The zero-order valence-corrected chi connectivity index (χ0v) is 11.8. The van der Waals surface area contributed by atoms with E-state index in [9.17, 15) is 14.4 Å². The molecule has 0 aromatic carbocycles. The third-order valence-electron chi connectivity index (χ3n) is 4.17. The van der Waals surface area contributed by atoms with E-state index in [0.29, 0.717) is 12.8 Å². The summed E-state index contributed by atoms with van der Waals surface area (Å²) in [4.78, 5) is 34.2. The smallest absolute Gasteiger partial charge is 0.481 e. The van der Waals surface area contributed by atoms with E-state index in [1.165, 1.54) is 6.92 Å². The fourth-order valence-corrected chi connectivity index (χ4v) is 2.84. The van der Waals surface area contributed by atoms with E-state index in [2.05, 4.69) is 9.47 Å². The molecule has 1 rings (SSSR count). The summed E-state index contributed by atoms with van der Waals surface area (Å²) in [6.45, 7) is 1.42. The molecule has 7 heteroatoms. The highest BCUT2D eigenvalue weighted by atomic mass is 16.7. The van der Waals surface area contributed by atoms with Crippen LogP contribution in [0.2, 0.25) is 0 Å². The summed E-state index contributed by atoms with van der Waals surface area (Å²) < 4.78 is 8.77. The van der Waals surface area contributed by atoms with E-state index < -0.39 is 29.0 Å². The van der Waals surface area contributed by atoms with Crippen molar-refractivity contribution >= 4 is 18.1 Å². The number of nitrogens with two attached hydrogens (primary N) is 1. The van der Waals surface area contributed by atoms with Gasteiger partial charge in [0.25, 0.3) is 0 Å². The SMILES string of the molecule is COC(=O)OC(=O)C(C)(N)C1(CC(=O)O)CCCCC1. The largest absolute Gasteiger partial charge is 0.515 e. The van der Waals surface area contributed by atoms with E-state index in [1.807, 2.05) is 0 Å². The quantitative estimate of drug-likeness (QED) is 0.593. The fraction of sp³-hybridized carbons (Fsp3) is 0.769. The van der Waals surface area contributed by atoms with E-state index in [-0.39, 0.29) is 6.42 Å². The van der Waals surface area contributed by atoms with Gasteiger partial charge in [-0.3, -0.25) is 4.79 Å². The van der Waals surface area contributed by atoms with Crippen LogP contribution < -0.4 is 5.73 Å². The minimum atomic E-state index is -1.56. The summed E-state index contributed by atoms with van der Waals surface area (Å²) >= 11 is 0. The number of ether oxygens (including phenoxy) is 2. The molecule has 0 aliphatic heterocycles. The molecule has 1 saturated carbocycles. The van der Waals surface area contributed by atoms with Crippen molar-refractivity contribution in [2.45, 2.75) is 51.0 Å². The van der Waals surface area contributed by atoms with Crippen molar-refractivity contribution in [2.75, 3.05) is 7.11 Å². The molecule has 1 unspecified atom stereocenters. The maximum Gasteiger partial charge on any atom is 0.515 e. The Morgan fingerprint density at radius 1 is 1.25 bits per heavy atom. The van der Waals surface area contributed by atoms with Crippen LogP contribution in [-0.2, 0) is 19.1 Å². The van der Waals surface area contributed by atoms with Gasteiger partial charge in [-0.2, -0.15) is 0 Å². The summed E-state index contributed by atoms with van der Waals surface area (Å²) in [6.07, 6.45) is 2.23. The van der Waals surface area contributed by atoms with Gasteiger partial charge in [-0.15, -0.1) is 0 Å². The molecular weight excluding hydrogens is 266 g/mol. The Morgan fingerprint density at radius 3 is 2.25 bits per heavy atom. The van der Waals surface area contributed by atoms with Crippen LogP contribution >= 0.6 is 0 Å². The van der Waals surface area contributed by atoms with Crippen LogP contribution in [0.25, 0.3) is 0 Å². The van der Waals surface area contributed by atoms with Crippen molar-refractivity contribution < 1.29 is 29.0 Å². The first kappa shape index (κ1) is 16.4. The molecule has 0 amide bonds. The maximum atomic E-state index is 12.1. The molecule has 0 radical (unpaired) electrons. The third-order valence-corrected chi connectivity index (χ3v) is 4.17. The number of rotatable bonds is 4. The molecular formula is C13H21NO6. The van der Waals surface area contributed by atoms with Crippen molar-refractivity contribution in [3.8, 4) is 0 Å². The van der Waals surface area contributed by atoms with Gasteiger partial charge in [0.1, 0.15) is 5.54 Å². The molecule has 0 saturated heterocycles. The lowest BCUT2D eigenvalue weighted by atomic mass is 9.60. The number of hydrogen-bond acceptors (Lipinski definition) is 6. The predicted octanol–water partition coefficient (Wildman–Crippen LogP) is 1.44. The van der Waals surface area contributed by atoms with Crippen molar-refractivity contribution in [3.63, 3.8) is 0 Å². The Bertz CT molecular complexity index is 398. The standard InChI is InChI=1S/C13H21NO6/c1-12(14,10(17)20-11(18)19-2)13(8-9(15)16)6-4-3-5-7-13/h3-8,14H2,1-2H3,(H,15,16). The number of carboxylic acids is 1. The van der Waals surface area contributed by atoms with Gasteiger partial charge in [0.15, 0.2) is 0 Å². The number of aliphatic carboxylic acids is 1. The second-order valence-corrected chi connectivity index (χ2v) is 5.46. The van der Waals surface area contributed by atoms with Crippen LogP contribution in [0, 0.1) is 5.41 Å². The van der Waals surface area contributed by atoms with Gasteiger partial charge >= 0.3 is 18.1 Å². The van der Waals surface area contributed by atoms with Crippen molar-refractivity contribution in [1.29, 1.82) is 0 Å². The molecule has 7 nitrogen and oxygen atoms in total. The predicted molar refractivity (Wildman–Crippen MR) is 68.9 cm³/mol. The van der Waals surface area contributed by atoms with Gasteiger partial charge in [-0.1, -0.05) is 19.3 Å². The fourth-order valence-electron chi connectivity index (χ4n) is 2.84. The summed E-state index contributed by atoms with van der Waals surface area (Å²) in [5.74, 6) is -1.97. The van der Waals surface area contributed by atoms with Crippen molar-refractivity contribution in [3.05, 3.63) is 0 Å². The highest BCUT2D eigenvalue weighted by molar-refractivity contribution is 5.89. The Hall–Kier alpha value is -1.63. The first-order valence-corrected chi connectivity index (χ1v) is 6.56. The number of methoxy groups -OCH3 is 1. The molecule has 0 bridgehead atoms. The van der Waals surface area contributed by atoms with Gasteiger partial charge in [-0.05, 0) is 19.8 Å². The number of carbonyl (C=O) groups is 3. The molecule has 0 aromatic rings. The molecule has 0 spiro atoms. The highest BCUT2D eigenvalue weighted by Crippen LogP contribution is 2.47. The molecule has 3 N–H and O–H groups in total. The molecule has 1 aliphatic carbocycles. The topological polar surface area (TPSA) is 116 Å². The van der Waals surface area contributed by atoms with Crippen molar-refractivity contribution in [2.24, 2.45) is 11.1 Å². The lowest BCUT2D eigenvalue weighted by Gasteiger charge is -2.46. The Balaban J connectivity index is 3.00. The Kier molecular flexibility index (Phi) is 5.10. The molecule has 20 heavy (non-hydrogen) atoms. The van der Waals surface area contributed by atoms with Crippen LogP contribution in [0.15, 0.2) is 0 Å². The first-order valence-electron chi connectivity index (χ1n) is 6.56. The highest BCUT2D eigenvalue weighted by Gasteiger charge is 2.53. The Morgan fingerprint density at radius 2 is 1.80 bits per heavy atom. The molecule has 1 fully saturated rings. The number of carboxylic acid groups (broad SMARTS) is 1. The van der Waals surface area contributed by atoms with Gasteiger partial charge in [0.05, 0.1) is 13.5 Å². The van der Waals surface area contributed by atoms with Gasteiger partial charge in [0.2, 0.25) is 0 Å². The molecule has 1 aliphatic rings. The summed E-state index contributed by atoms with van der Waals surface area (Å²) in [6, 6.07) is 0. The lowest BCUT2D eigenvalue weighted by molar-refractivity contribution is -0.155. The summed E-state index contributed by atoms with van der Waals surface area (Å²) in [7, 11) is 1.08. The minimum absolute atomic E-state index is 0.226. The van der Waals surface area contributed by atoms with Crippen LogP contribution in [0.4, 0.5) is 4.79 Å². The van der Waals surface area contributed by atoms with Gasteiger partial charge in [-0.25, -0.2) is 9.59 Å². The average Bonchev–Trinajstić information content (AvgIpc) is 2.38. The van der Waals surface area contributed by atoms with E-state index in [1.54, 1.807) is 0 Å². The van der Waals surface area contributed by atoms with Crippen LogP contribution in [-0.4, -0.2) is 35.8 Å². The zero-order chi connectivity index (χ0) is 15.4. The average molecular weight is 287 g/mol. The number of carbonyl (C=O) groups excluding carboxylic acids is 2. The normalized spacial score (nSPS) is 20.6. The molecule has 0 aromatic heterocycles. The monoisotopic (exact) mass is 287 g/mol. The second-order valence-electron chi connectivity index (χ2n) is 5.46. The van der Waals surface area contributed by atoms with Crippen LogP contribution in [0.3, 0.4) is 0 Å². The third kappa shape index (κ3) is 3.27. The van der Waals surface area contributed by atoms with Gasteiger partial charge in [0, 0.05) is 5.41 Å². The molecule has 1 atom stereocenters. The van der Waals surface area contributed by atoms with E-state index in [0.717, 1.165) is 26.4 Å².